The number of nitrogens with zero attached hydrogens (tertiary/aromatic N) is 2. The molecule has 0 saturated heterocycles. The van der Waals surface area contributed by atoms with Crippen LogP contribution >= 0.6 is 11.8 Å². The number of hydrogen-bond donors (Lipinski definition) is 0. The summed E-state index contributed by atoms with van der Waals surface area (Å²) in [7, 11) is 0. The smallest absolute Gasteiger partial charge is 0.0737 e. The van der Waals surface area contributed by atoms with Crippen LogP contribution in [0, 0.1) is 0 Å². The molecule has 106 valence electrons. The zero-order valence-electron chi connectivity index (χ0n) is 12.0. The third-order valence-electron chi connectivity index (χ3n) is 3.69. The van der Waals surface area contributed by atoms with Crippen LogP contribution < -0.4 is 0 Å². The first-order valence-corrected chi connectivity index (χ1v) is 8.26. The van der Waals surface area contributed by atoms with Crippen molar-refractivity contribution in [2.24, 2.45) is 5.11 Å². The maximum Gasteiger partial charge on any atom is 0.232 e. The molecule has 0 unspecified atom stereocenters. The Morgan fingerprint density at radius 2 is 1.50 bits per heavy atom. The van der Waals surface area contributed by atoms with Gasteiger partial charge >= 0.3 is 0 Å². The van der Waals surface area contributed by atoms with E-state index in [9.17, 15) is 0 Å². The molecule has 0 aromatic heterocycles. The van der Waals surface area contributed by atoms with E-state index in [2.05, 4.69) is 59.3 Å². The predicted octanol–water partition coefficient (Wildman–Crippen LogP) is 5.84. The number of rotatable bonds is 2. The predicted molar refractivity (Wildman–Crippen MR) is 91.1 cm³/mol. The third-order valence-corrected chi connectivity index (χ3v) is 4.78. The lowest BCUT2D eigenvalue weighted by atomic mass is 10.1. The summed E-state index contributed by atoms with van der Waals surface area (Å²) in [6.07, 6.45) is 0. The molecule has 0 N–H and O–H groups in total. The number of thioether (sulfide) groups is 1. The van der Waals surface area contributed by atoms with E-state index in [0.29, 0.717) is 0 Å². The summed E-state index contributed by atoms with van der Waals surface area (Å²) in [4.78, 5) is 1.26. The molecule has 3 aromatic rings. The van der Waals surface area contributed by atoms with Gasteiger partial charge in [0.1, 0.15) is 5.69 Å². The van der Waals surface area contributed by atoms with Gasteiger partial charge in [-0.2, -0.15) is 0 Å². The van der Waals surface area contributed by atoms with Gasteiger partial charge < -0.3 is 0 Å². The fraction of sp³-hybridized carbons (Fsp3) is 0.0526. The van der Waals surface area contributed by atoms with Crippen molar-refractivity contribution in [3.05, 3.63) is 78.9 Å². The number of azo groups is 2. The minimum absolute atomic E-state index is 0.834. The van der Waals surface area contributed by atoms with Crippen LogP contribution in [0.4, 0.5) is 11.4 Å². The fourth-order valence-corrected chi connectivity index (χ4v) is 3.67. The molecule has 22 heavy (non-hydrogen) atoms. The molecule has 0 spiro atoms. The summed E-state index contributed by atoms with van der Waals surface area (Å²) in [6.45, 7) is 0. The van der Waals surface area contributed by atoms with Crippen LogP contribution in [0.25, 0.3) is 11.1 Å². The summed E-state index contributed by atoms with van der Waals surface area (Å²) >= 11 is 1.85. The number of hydrogen-bond acceptors (Lipinski definition) is 2. The molecule has 1 heterocycles. The number of para-hydroxylation sites is 1. The number of fused-ring (bicyclic) bond motifs is 1. The van der Waals surface area contributed by atoms with Gasteiger partial charge in [-0.25, -0.2) is 0 Å². The topological polar surface area (TPSA) is 15.4 Å². The van der Waals surface area contributed by atoms with Crippen LogP contribution in [0.2, 0.25) is 0 Å². The molecule has 1 aliphatic rings. The molecule has 0 saturated carbocycles. The SMILES string of the molecule is c1ccc(-c2cccc3c2SC[N+](c2ccccc2)=N3)cc1. The first-order valence-electron chi connectivity index (χ1n) is 7.27. The van der Waals surface area contributed by atoms with Crippen LogP contribution in [-0.2, 0) is 0 Å². The molecule has 1 aliphatic heterocycles. The Kier molecular flexibility index (Phi) is 3.49. The van der Waals surface area contributed by atoms with Gasteiger partial charge in [0.05, 0.1) is 4.90 Å². The highest BCUT2D eigenvalue weighted by Gasteiger charge is 2.23. The van der Waals surface area contributed by atoms with E-state index in [1.54, 1.807) is 0 Å². The van der Waals surface area contributed by atoms with E-state index in [-0.39, 0.29) is 0 Å². The largest absolute Gasteiger partial charge is 0.232 e. The second kappa shape index (κ2) is 5.78. The average molecular weight is 303 g/mol. The quantitative estimate of drug-likeness (QED) is 0.542. The van der Waals surface area contributed by atoms with Crippen LogP contribution in [0.15, 0.2) is 88.9 Å². The second-order valence-electron chi connectivity index (χ2n) is 5.13. The van der Waals surface area contributed by atoms with Crippen molar-refractivity contribution >= 4 is 23.1 Å². The molecule has 0 atom stereocenters. The molecular formula is C19H15N2S+. The van der Waals surface area contributed by atoms with Gasteiger partial charge in [0.15, 0.2) is 0 Å². The van der Waals surface area contributed by atoms with Crippen molar-refractivity contribution in [2.75, 3.05) is 5.88 Å². The van der Waals surface area contributed by atoms with Crippen molar-refractivity contribution in [3.8, 4) is 11.1 Å². The van der Waals surface area contributed by atoms with Crippen LogP contribution in [0.3, 0.4) is 0 Å². The summed E-state index contributed by atoms with van der Waals surface area (Å²) in [5.41, 5.74) is 4.68. The lowest BCUT2D eigenvalue weighted by Crippen LogP contribution is -2.05. The van der Waals surface area contributed by atoms with Crippen LogP contribution in [0.5, 0.6) is 0 Å². The van der Waals surface area contributed by atoms with Crippen LogP contribution in [-0.4, -0.2) is 10.6 Å². The Morgan fingerprint density at radius 1 is 0.773 bits per heavy atom. The summed E-state index contributed by atoms with van der Waals surface area (Å²) in [5, 5.41) is 4.81. The summed E-state index contributed by atoms with van der Waals surface area (Å²) in [6, 6.07) is 27.2. The van der Waals surface area contributed by atoms with Gasteiger partial charge in [-0.15, -0.1) is 0 Å². The van der Waals surface area contributed by atoms with Gasteiger partial charge in [-0.05, 0) is 29.0 Å². The Morgan fingerprint density at radius 3 is 2.27 bits per heavy atom. The van der Waals surface area contributed by atoms with E-state index in [1.807, 2.05) is 36.0 Å². The molecule has 0 aliphatic carbocycles. The molecule has 2 nitrogen and oxygen atoms in total. The van der Waals surface area contributed by atoms with Gasteiger partial charge in [0.2, 0.25) is 11.6 Å². The monoisotopic (exact) mass is 303 g/mol. The van der Waals surface area contributed by atoms with Crippen LogP contribution in [0.1, 0.15) is 0 Å². The first kappa shape index (κ1) is 13.3. The lowest BCUT2D eigenvalue weighted by Gasteiger charge is -2.13. The van der Waals surface area contributed by atoms with E-state index in [4.69, 9.17) is 5.11 Å². The minimum Gasteiger partial charge on any atom is -0.0737 e. The maximum absolute atomic E-state index is 4.81. The summed E-state index contributed by atoms with van der Waals surface area (Å²) in [5.74, 6) is 0.834. The van der Waals surface area contributed by atoms with Gasteiger partial charge in [-0.1, -0.05) is 65.4 Å². The highest BCUT2D eigenvalue weighted by atomic mass is 32.2. The van der Waals surface area contributed by atoms with Crippen molar-refractivity contribution in [1.29, 1.82) is 0 Å². The molecular weight excluding hydrogens is 288 g/mol. The molecule has 3 heteroatoms. The molecule has 0 radical (unpaired) electrons. The zero-order chi connectivity index (χ0) is 14.8. The van der Waals surface area contributed by atoms with Gasteiger partial charge in [0, 0.05) is 17.2 Å². The van der Waals surface area contributed by atoms with Gasteiger partial charge in [-0.3, -0.25) is 0 Å². The second-order valence-corrected chi connectivity index (χ2v) is 6.08. The average Bonchev–Trinajstić information content (AvgIpc) is 2.62. The Hall–Kier alpha value is -2.39. The Bertz CT molecular complexity index is 827. The molecule has 3 aromatic carbocycles. The zero-order valence-corrected chi connectivity index (χ0v) is 12.8. The third kappa shape index (κ3) is 2.44. The Labute approximate surface area is 134 Å². The maximum atomic E-state index is 4.81. The van der Waals surface area contributed by atoms with Crippen molar-refractivity contribution < 1.29 is 4.70 Å². The first-order chi connectivity index (χ1) is 10.9. The highest BCUT2D eigenvalue weighted by Crippen LogP contribution is 2.42. The number of benzene rings is 3. The van der Waals surface area contributed by atoms with E-state index in [0.717, 1.165) is 17.3 Å². The standard InChI is InChI=1S/C19H15N2S/c1-3-8-15(9-4-1)17-12-7-13-18-19(17)22-14-21(20-18)16-10-5-2-6-11-16/h1-13H,14H2/q+1. The highest BCUT2D eigenvalue weighted by molar-refractivity contribution is 7.99. The fourth-order valence-electron chi connectivity index (χ4n) is 2.62. The normalized spacial score (nSPS) is 13.4. The molecule has 0 bridgehead atoms. The van der Waals surface area contributed by atoms with Crippen molar-refractivity contribution in [3.63, 3.8) is 0 Å². The van der Waals surface area contributed by atoms with Crippen molar-refractivity contribution in [1.82, 2.24) is 0 Å². The minimum atomic E-state index is 0.834. The van der Waals surface area contributed by atoms with Crippen molar-refractivity contribution in [2.45, 2.75) is 4.90 Å². The molecule has 4 rings (SSSR count). The lowest BCUT2D eigenvalue weighted by molar-refractivity contribution is -0.488. The molecule has 0 amide bonds. The van der Waals surface area contributed by atoms with E-state index in [1.165, 1.54) is 16.0 Å². The summed E-state index contributed by atoms with van der Waals surface area (Å²) < 4.78 is 2.06. The Balaban J connectivity index is 1.80. The van der Waals surface area contributed by atoms with Gasteiger partial charge in [0.25, 0.3) is 0 Å². The van der Waals surface area contributed by atoms with E-state index >= 15 is 0 Å². The molecule has 0 fully saturated rings. The van der Waals surface area contributed by atoms with E-state index < -0.39 is 0 Å².